The molecule has 0 amide bonds. The summed E-state index contributed by atoms with van der Waals surface area (Å²) >= 11 is 12.2. The van der Waals surface area contributed by atoms with E-state index < -0.39 is 35.8 Å². The zero-order valence-electron chi connectivity index (χ0n) is 14.8. The quantitative estimate of drug-likeness (QED) is 0.548. The average molecular weight is 405 g/mol. The lowest BCUT2D eigenvalue weighted by Gasteiger charge is -2.28. The van der Waals surface area contributed by atoms with E-state index in [9.17, 15) is 19.8 Å². The van der Waals surface area contributed by atoms with Crippen molar-refractivity contribution < 1.29 is 29.3 Å². The van der Waals surface area contributed by atoms with Gasteiger partial charge in [-0.15, -0.1) is 11.6 Å². The second-order valence-electron chi connectivity index (χ2n) is 6.62. The number of hydrogen-bond acceptors (Lipinski definition) is 6. The van der Waals surface area contributed by atoms with Crippen LogP contribution in [0.2, 0.25) is 5.02 Å². The number of carbonyl (C=O) groups excluding carboxylic acids is 2. The van der Waals surface area contributed by atoms with Crippen LogP contribution in [0.3, 0.4) is 0 Å². The Balaban J connectivity index is 2.48. The van der Waals surface area contributed by atoms with E-state index in [1.54, 1.807) is 20.8 Å². The van der Waals surface area contributed by atoms with Crippen LogP contribution in [0.1, 0.15) is 49.5 Å². The molecule has 1 aromatic rings. The molecule has 26 heavy (non-hydrogen) atoms. The van der Waals surface area contributed by atoms with Gasteiger partial charge in [-0.3, -0.25) is 4.79 Å². The molecule has 0 bridgehead atoms. The van der Waals surface area contributed by atoms with Gasteiger partial charge in [0.1, 0.15) is 28.9 Å². The molecule has 1 aliphatic rings. The summed E-state index contributed by atoms with van der Waals surface area (Å²) in [6.45, 7) is 5.22. The van der Waals surface area contributed by atoms with Gasteiger partial charge < -0.3 is 19.7 Å². The van der Waals surface area contributed by atoms with Crippen molar-refractivity contribution in [3.63, 3.8) is 0 Å². The van der Waals surface area contributed by atoms with Crippen LogP contribution in [-0.4, -0.2) is 45.7 Å². The van der Waals surface area contributed by atoms with Crippen LogP contribution in [0, 0.1) is 0 Å². The van der Waals surface area contributed by atoms with E-state index in [2.05, 4.69) is 0 Å². The lowest BCUT2D eigenvalue weighted by molar-refractivity contribution is -0.122. The number of benzene rings is 1. The number of ether oxygens (including phenoxy) is 2. The highest BCUT2D eigenvalue weighted by molar-refractivity contribution is 6.33. The number of phenols is 2. The third-order valence-electron chi connectivity index (χ3n) is 4.21. The Morgan fingerprint density at radius 2 is 1.85 bits per heavy atom. The molecule has 1 aliphatic heterocycles. The predicted octanol–water partition coefficient (Wildman–Crippen LogP) is 3.60. The molecule has 2 rings (SSSR count). The van der Waals surface area contributed by atoms with E-state index in [0.717, 1.165) is 6.07 Å². The molecular formula is C18H22Cl2O6. The molecule has 0 fully saturated rings. The Morgan fingerprint density at radius 3 is 2.46 bits per heavy atom. The van der Waals surface area contributed by atoms with E-state index in [4.69, 9.17) is 32.7 Å². The van der Waals surface area contributed by atoms with E-state index in [1.807, 2.05) is 0 Å². The highest BCUT2D eigenvalue weighted by Crippen LogP contribution is 2.37. The number of ketones is 1. The summed E-state index contributed by atoms with van der Waals surface area (Å²) in [5, 5.41) is 19.4. The molecular weight excluding hydrogens is 383 g/mol. The minimum Gasteiger partial charge on any atom is -0.507 e. The number of hydrogen-bond donors (Lipinski definition) is 2. The van der Waals surface area contributed by atoms with Gasteiger partial charge in [0.05, 0.1) is 22.6 Å². The van der Waals surface area contributed by atoms with Crippen molar-refractivity contribution >= 4 is 35.0 Å². The van der Waals surface area contributed by atoms with Gasteiger partial charge in [-0.05, 0) is 20.8 Å². The maximum atomic E-state index is 12.6. The lowest BCUT2D eigenvalue weighted by atomic mass is 9.97. The van der Waals surface area contributed by atoms with Gasteiger partial charge in [0.25, 0.3) is 0 Å². The number of rotatable bonds is 1. The van der Waals surface area contributed by atoms with Gasteiger partial charge in [0, 0.05) is 30.9 Å². The summed E-state index contributed by atoms with van der Waals surface area (Å²) in [5.74, 6) is -1.98. The summed E-state index contributed by atoms with van der Waals surface area (Å²) in [5.41, 5.74) is -0.168. The number of Topliss-reactive ketones (excluding diaryl/α,β-unsaturated/α-hetero) is 1. The molecule has 1 aromatic carbocycles. The fourth-order valence-corrected chi connectivity index (χ4v) is 3.36. The highest BCUT2D eigenvalue weighted by Gasteiger charge is 2.30. The average Bonchev–Trinajstić information content (AvgIpc) is 2.50. The van der Waals surface area contributed by atoms with Crippen molar-refractivity contribution in [3.05, 3.63) is 22.2 Å². The SMILES string of the molecule is C[C@@H]1C[C@H]([C@H](C)Cl)O[C@H](C)CC(=O)Cc2c(Cl)c(O)cc(O)c2C(=O)O1. The van der Waals surface area contributed by atoms with E-state index in [-0.39, 0.29) is 40.2 Å². The number of aromatic hydroxyl groups is 2. The van der Waals surface area contributed by atoms with Gasteiger partial charge in [0.15, 0.2) is 0 Å². The second-order valence-corrected chi connectivity index (χ2v) is 7.68. The largest absolute Gasteiger partial charge is 0.507 e. The van der Waals surface area contributed by atoms with Crippen LogP contribution in [0.5, 0.6) is 11.5 Å². The van der Waals surface area contributed by atoms with E-state index >= 15 is 0 Å². The van der Waals surface area contributed by atoms with Crippen molar-refractivity contribution in [1.29, 1.82) is 0 Å². The molecule has 2 N–H and O–H groups in total. The highest BCUT2D eigenvalue weighted by atomic mass is 35.5. The maximum Gasteiger partial charge on any atom is 0.342 e. The summed E-state index contributed by atoms with van der Waals surface area (Å²) in [6.07, 6.45) is -1.18. The van der Waals surface area contributed by atoms with E-state index in [1.165, 1.54) is 0 Å². The molecule has 6 nitrogen and oxygen atoms in total. The van der Waals surface area contributed by atoms with Crippen LogP contribution in [-0.2, 0) is 20.7 Å². The number of carbonyl (C=O) groups is 2. The molecule has 0 saturated heterocycles. The minimum atomic E-state index is -0.825. The fourth-order valence-electron chi connectivity index (χ4n) is 2.98. The van der Waals surface area contributed by atoms with Gasteiger partial charge in [-0.1, -0.05) is 11.6 Å². The first-order chi connectivity index (χ1) is 12.1. The van der Waals surface area contributed by atoms with Crippen LogP contribution in [0.4, 0.5) is 0 Å². The van der Waals surface area contributed by atoms with Crippen LogP contribution < -0.4 is 0 Å². The molecule has 0 unspecified atom stereocenters. The molecule has 0 spiro atoms. The number of cyclic esters (lactones) is 1. The van der Waals surface area contributed by atoms with Crippen molar-refractivity contribution in [2.24, 2.45) is 0 Å². The van der Waals surface area contributed by atoms with Gasteiger partial charge in [-0.2, -0.15) is 0 Å². The van der Waals surface area contributed by atoms with Crippen LogP contribution in [0.25, 0.3) is 0 Å². The molecule has 4 atom stereocenters. The number of esters is 1. The van der Waals surface area contributed by atoms with Crippen LogP contribution >= 0.6 is 23.2 Å². The molecule has 0 saturated carbocycles. The van der Waals surface area contributed by atoms with Gasteiger partial charge in [0.2, 0.25) is 0 Å². The zero-order chi connectivity index (χ0) is 19.6. The zero-order valence-corrected chi connectivity index (χ0v) is 16.3. The van der Waals surface area contributed by atoms with Gasteiger partial charge >= 0.3 is 5.97 Å². The summed E-state index contributed by atoms with van der Waals surface area (Å²) in [4.78, 5) is 25.0. The summed E-state index contributed by atoms with van der Waals surface area (Å²) in [6, 6.07) is 0.957. The normalized spacial score (nSPS) is 26.3. The van der Waals surface area contributed by atoms with Crippen LogP contribution in [0.15, 0.2) is 6.07 Å². The Bertz CT molecular complexity index is 703. The first-order valence-corrected chi connectivity index (χ1v) is 9.17. The van der Waals surface area contributed by atoms with Crippen molar-refractivity contribution in [3.8, 4) is 11.5 Å². The first kappa shape index (κ1) is 20.8. The molecule has 144 valence electrons. The topological polar surface area (TPSA) is 93.1 Å². The molecule has 0 aromatic heterocycles. The smallest absolute Gasteiger partial charge is 0.342 e. The Kier molecular flexibility index (Phi) is 6.77. The second kappa shape index (κ2) is 8.46. The standard InChI is InChI=1S/C18H22Cl2O6/c1-8-4-11(21)6-12-16(13(22)7-14(23)17(12)20)18(24)26-9(2)5-15(25-8)10(3)19/h7-10,15,22-23H,4-6H2,1-3H3/t8-,9-,10+,15-/m1/s1. The number of fused-ring (bicyclic) bond motifs is 1. The first-order valence-electron chi connectivity index (χ1n) is 8.35. The molecule has 0 radical (unpaired) electrons. The van der Waals surface area contributed by atoms with Crippen molar-refractivity contribution in [1.82, 2.24) is 0 Å². The summed E-state index contributed by atoms with van der Waals surface area (Å²) in [7, 11) is 0. The third kappa shape index (κ3) is 4.81. The van der Waals surface area contributed by atoms with Crippen molar-refractivity contribution in [2.45, 2.75) is 63.7 Å². The Labute approximate surface area is 162 Å². The van der Waals surface area contributed by atoms with E-state index in [0.29, 0.717) is 6.42 Å². The number of alkyl halides is 1. The summed E-state index contributed by atoms with van der Waals surface area (Å²) < 4.78 is 11.2. The predicted molar refractivity (Wildman–Crippen MR) is 97.3 cm³/mol. The van der Waals surface area contributed by atoms with Crippen molar-refractivity contribution in [2.75, 3.05) is 0 Å². The minimum absolute atomic E-state index is 0.0430. The molecule has 1 heterocycles. The van der Waals surface area contributed by atoms with Gasteiger partial charge in [-0.25, -0.2) is 4.79 Å². The monoisotopic (exact) mass is 404 g/mol. The third-order valence-corrected chi connectivity index (χ3v) is 4.91. The molecule has 0 aliphatic carbocycles. The number of phenolic OH excluding ortho intramolecular Hbond substituents is 2. The Hall–Kier alpha value is -1.50. The number of halogens is 2. The molecule has 8 heteroatoms. The fraction of sp³-hybridized carbons (Fsp3) is 0.556. The maximum absolute atomic E-state index is 12.6. The lowest BCUT2D eigenvalue weighted by Crippen LogP contribution is -2.33. The Morgan fingerprint density at radius 1 is 1.19 bits per heavy atom.